The van der Waals surface area contributed by atoms with E-state index in [1.807, 2.05) is 12.1 Å². The van der Waals surface area contributed by atoms with E-state index in [0.29, 0.717) is 26.9 Å². The number of nitrogens with two attached hydrogens (primary N) is 1. The largest absolute Gasteiger partial charge is 0.440 e. The van der Waals surface area contributed by atoms with Crippen LogP contribution in [-0.4, -0.2) is 5.97 Å². The van der Waals surface area contributed by atoms with Crippen molar-refractivity contribution in [2.75, 3.05) is 0 Å². The van der Waals surface area contributed by atoms with Gasteiger partial charge in [-0.15, -0.1) is 0 Å². The van der Waals surface area contributed by atoms with E-state index in [-0.39, 0.29) is 11.6 Å². The van der Waals surface area contributed by atoms with Gasteiger partial charge in [-0.3, -0.25) is 0 Å². The number of carbonyl (C=O) groups excluding carboxylic acids is 1. The minimum atomic E-state index is -0.552. The number of esters is 1. The summed E-state index contributed by atoms with van der Waals surface area (Å²) in [6, 6.07) is 20.7. The molecule has 1 aliphatic rings. The first-order chi connectivity index (χ1) is 14.5. The van der Waals surface area contributed by atoms with Crippen LogP contribution in [0.5, 0.6) is 11.5 Å². The van der Waals surface area contributed by atoms with Gasteiger partial charge in [0.05, 0.1) is 11.5 Å². The lowest BCUT2D eigenvalue weighted by molar-refractivity contribution is 0.0734. The highest BCUT2D eigenvalue weighted by Gasteiger charge is 2.31. The van der Waals surface area contributed by atoms with Gasteiger partial charge in [0.15, 0.2) is 0 Å². The van der Waals surface area contributed by atoms with E-state index in [4.69, 9.17) is 38.4 Å². The molecule has 30 heavy (non-hydrogen) atoms. The molecule has 0 saturated heterocycles. The van der Waals surface area contributed by atoms with Crippen LogP contribution in [0, 0.1) is 11.3 Å². The molecule has 5 nitrogen and oxygen atoms in total. The third-order valence-corrected chi connectivity index (χ3v) is 5.15. The standard InChI is InChI=1S/C23H14Cl2N2O3/c24-15-6-4-13(5-7-15)21-18-9-8-17(11-20(18)30-22(27)19(21)12-26)29-23(28)14-2-1-3-16(25)10-14/h1-11,21H,27H2. The molecule has 0 aromatic heterocycles. The van der Waals surface area contributed by atoms with Crippen LogP contribution in [-0.2, 0) is 0 Å². The molecular weight excluding hydrogens is 423 g/mol. The van der Waals surface area contributed by atoms with E-state index < -0.39 is 11.9 Å². The smallest absolute Gasteiger partial charge is 0.343 e. The normalized spacial score (nSPS) is 15.0. The first kappa shape index (κ1) is 19.8. The Morgan fingerprint density at radius 1 is 1.03 bits per heavy atom. The molecule has 1 atom stereocenters. The third-order valence-electron chi connectivity index (χ3n) is 4.66. The molecule has 1 heterocycles. The molecule has 0 amide bonds. The summed E-state index contributed by atoms with van der Waals surface area (Å²) in [6.45, 7) is 0. The minimum Gasteiger partial charge on any atom is -0.440 e. The van der Waals surface area contributed by atoms with Crippen LogP contribution < -0.4 is 15.2 Å². The van der Waals surface area contributed by atoms with Crippen LogP contribution >= 0.6 is 23.2 Å². The number of halogens is 2. The molecule has 0 spiro atoms. The van der Waals surface area contributed by atoms with Gasteiger partial charge in [-0.1, -0.05) is 47.5 Å². The second-order valence-electron chi connectivity index (χ2n) is 6.58. The molecule has 148 valence electrons. The van der Waals surface area contributed by atoms with Crippen LogP contribution in [0.4, 0.5) is 0 Å². The van der Waals surface area contributed by atoms with E-state index >= 15 is 0 Å². The van der Waals surface area contributed by atoms with Crippen molar-refractivity contribution in [3.05, 3.63) is 105 Å². The second-order valence-corrected chi connectivity index (χ2v) is 7.45. The number of rotatable bonds is 3. The second kappa shape index (κ2) is 8.11. The average Bonchev–Trinajstić information content (AvgIpc) is 2.73. The van der Waals surface area contributed by atoms with Gasteiger partial charge in [-0.25, -0.2) is 4.79 Å². The number of hydrogen-bond acceptors (Lipinski definition) is 5. The number of ether oxygens (including phenoxy) is 2. The van der Waals surface area contributed by atoms with Gasteiger partial charge in [-0.05, 0) is 42.0 Å². The van der Waals surface area contributed by atoms with Gasteiger partial charge < -0.3 is 15.2 Å². The van der Waals surface area contributed by atoms with Gasteiger partial charge >= 0.3 is 5.97 Å². The van der Waals surface area contributed by atoms with Crippen molar-refractivity contribution in [2.24, 2.45) is 5.73 Å². The lowest BCUT2D eigenvalue weighted by Crippen LogP contribution is -2.21. The van der Waals surface area contributed by atoms with Crippen LogP contribution in [0.2, 0.25) is 10.0 Å². The summed E-state index contributed by atoms with van der Waals surface area (Å²) in [5.74, 6) is -0.287. The van der Waals surface area contributed by atoms with Gasteiger partial charge in [0.25, 0.3) is 0 Å². The summed E-state index contributed by atoms with van der Waals surface area (Å²) in [4.78, 5) is 12.4. The van der Waals surface area contributed by atoms with Gasteiger partial charge in [-0.2, -0.15) is 5.26 Å². The number of hydrogen-bond donors (Lipinski definition) is 1. The zero-order valence-corrected chi connectivity index (χ0v) is 16.9. The molecule has 0 fully saturated rings. The first-order valence-corrected chi connectivity index (χ1v) is 9.66. The third kappa shape index (κ3) is 3.84. The molecular formula is C23H14Cl2N2O3. The molecule has 4 rings (SSSR count). The summed E-state index contributed by atoms with van der Waals surface area (Å²) in [5, 5.41) is 10.6. The number of nitrogens with zero attached hydrogens (tertiary/aromatic N) is 1. The molecule has 3 aromatic rings. The first-order valence-electron chi connectivity index (χ1n) is 8.91. The molecule has 1 aliphatic heterocycles. The Kier molecular flexibility index (Phi) is 5.37. The van der Waals surface area contributed by atoms with Crippen LogP contribution in [0.15, 0.2) is 78.2 Å². The lowest BCUT2D eigenvalue weighted by Gasteiger charge is -2.26. The molecule has 0 radical (unpaired) electrons. The Balaban J connectivity index is 1.69. The summed E-state index contributed by atoms with van der Waals surface area (Å²) in [6.07, 6.45) is 0. The summed E-state index contributed by atoms with van der Waals surface area (Å²) in [7, 11) is 0. The topological polar surface area (TPSA) is 85.3 Å². The molecule has 1 unspecified atom stereocenters. The number of benzene rings is 3. The Labute approximate surface area is 182 Å². The molecule has 0 saturated carbocycles. The SMILES string of the molecule is N#CC1=C(N)Oc2cc(OC(=O)c3cccc(Cl)c3)ccc2C1c1ccc(Cl)cc1. The Morgan fingerprint density at radius 3 is 2.50 bits per heavy atom. The van der Waals surface area contributed by atoms with E-state index in [1.165, 1.54) is 6.07 Å². The van der Waals surface area contributed by atoms with Gasteiger partial charge in [0, 0.05) is 21.7 Å². The Hall–Kier alpha value is -3.46. The number of carbonyl (C=O) groups is 1. The maximum Gasteiger partial charge on any atom is 0.343 e. The van der Waals surface area contributed by atoms with Crippen molar-refractivity contribution >= 4 is 29.2 Å². The molecule has 3 aromatic carbocycles. The highest BCUT2D eigenvalue weighted by Crippen LogP contribution is 2.43. The van der Waals surface area contributed by atoms with Crippen molar-refractivity contribution < 1.29 is 14.3 Å². The predicted octanol–water partition coefficient (Wildman–Crippen LogP) is 5.43. The summed E-state index contributed by atoms with van der Waals surface area (Å²) >= 11 is 11.9. The maximum atomic E-state index is 12.4. The maximum absolute atomic E-state index is 12.4. The number of allylic oxidation sites excluding steroid dienone is 1. The van der Waals surface area contributed by atoms with E-state index in [1.54, 1.807) is 48.5 Å². The zero-order valence-electron chi connectivity index (χ0n) is 15.4. The number of fused-ring (bicyclic) bond motifs is 1. The molecule has 0 bridgehead atoms. The van der Waals surface area contributed by atoms with Crippen molar-refractivity contribution in [1.29, 1.82) is 5.26 Å². The van der Waals surface area contributed by atoms with E-state index in [2.05, 4.69) is 6.07 Å². The number of nitriles is 1. The Bertz CT molecular complexity index is 1210. The van der Waals surface area contributed by atoms with E-state index in [9.17, 15) is 10.1 Å². The van der Waals surface area contributed by atoms with Crippen LogP contribution in [0.1, 0.15) is 27.4 Å². The minimum absolute atomic E-state index is 0.00303. The zero-order chi connectivity index (χ0) is 21.3. The Morgan fingerprint density at radius 2 is 1.80 bits per heavy atom. The monoisotopic (exact) mass is 436 g/mol. The average molecular weight is 437 g/mol. The fourth-order valence-electron chi connectivity index (χ4n) is 3.28. The van der Waals surface area contributed by atoms with Crippen molar-refractivity contribution in [3.8, 4) is 17.6 Å². The lowest BCUT2D eigenvalue weighted by atomic mass is 9.83. The van der Waals surface area contributed by atoms with E-state index in [0.717, 1.165) is 11.1 Å². The van der Waals surface area contributed by atoms with Crippen molar-refractivity contribution in [2.45, 2.75) is 5.92 Å². The highest BCUT2D eigenvalue weighted by atomic mass is 35.5. The molecule has 2 N–H and O–H groups in total. The molecule has 7 heteroatoms. The summed E-state index contributed by atoms with van der Waals surface area (Å²) < 4.78 is 11.1. The van der Waals surface area contributed by atoms with Crippen LogP contribution in [0.25, 0.3) is 0 Å². The van der Waals surface area contributed by atoms with Gasteiger partial charge in [0.2, 0.25) is 5.88 Å². The predicted molar refractivity (Wildman–Crippen MR) is 114 cm³/mol. The molecule has 0 aliphatic carbocycles. The van der Waals surface area contributed by atoms with Crippen molar-refractivity contribution in [3.63, 3.8) is 0 Å². The summed E-state index contributed by atoms with van der Waals surface area (Å²) in [5.41, 5.74) is 8.20. The van der Waals surface area contributed by atoms with Crippen LogP contribution in [0.3, 0.4) is 0 Å². The quantitative estimate of drug-likeness (QED) is 0.436. The fourth-order valence-corrected chi connectivity index (χ4v) is 3.60. The fraction of sp³-hybridized carbons (Fsp3) is 0.0435. The van der Waals surface area contributed by atoms with Crippen molar-refractivity contribution in [1.82, 2.24) is 0 Å². The van der Waals surface area contributed by atoms with Gasteiger partial charge in [0.1, 0.15) is 23.1 Å². The highest BCUT2D eigenvalue weighted by molar-refractivity contribution is 6.31.